The molecular formula is C51H94N10O11. The summed E-state index contributed by atoms with van der Waals surface area (Å²) in [5.41, 5.74) is 6.08. The molecule has 0 aromatic carbocycles. The number of nitrogens with one attached hydrogen (secondary N) is 9. The molecule has 9 amide bonds. The van der Waals surface area contributed by atoms with Crippen molar-refractivity contribution in [3.05, 3.63) is 0 Å². The fourth-order valence-corrected chi connectivity index (χ4v) is 7.70. The van der Waals surface area contributed by atoms with E-state index in [9.17, 15) is 53.1 Å². The van der Waals surface area contributed by atoms with E-state index in [0.717, 1.165) is 0 Å². The summed E-state index contributed by atoms with van der Waals surface area (Å²) in [5, 5.41) is 33.5. The summed E-state index contributed by atoms with van der Waals surface area (Å²) in [4.78, 5) is 133. The number of rotatable bonds is 34. The van der Waals surface area contributed by atoms with E-state index in [1.807, 2.05) is 76.2 Å². The van der Waals surface area contributed by atoms with Crippen molar-refractivity contribution in [1.29, 1.82) is 0 Å². The second-order valence-corrected chi connectivity index (χ2v) is 21.9. The van der Waals surface area contributed by atoms with Crippen molar-refractivity contribution < 1.29 is 53.1 Å². The van der Waals surface area contributed by atoms with Gasteiger partial charge in [-0.2, -0.15) is 0 Å². The van der Waals surface area contributed by atoms with Crippen LogP contribution >= 0.6 is 0 Å². The summed E-state index contributed by atoms with van der Waals surface area (Å²) in [6, 6.07) is -8.53. The molecular weight excluding hydrogens is 929 g/mol. The summed E-state index contributed by atoms with van der Waals surface area (Å²) in [7, 11) is 0. The summed E-state index contributed by atoms with van der Waals surface area (Å²) < 4.78 is 0. The van der Waals surface area contributed by atoms with E-state index < -0.39 is 138 Å². The molecule has 21 heteroatoms. The Kier molecular flexibility index (Phi) is 30.9. The quantitative estimate of drug-likeness (QED) is 0.0441. The molecule has 0 aliphatic carbocycles. The number of hydrogen-bond donors (Lipinski definition) is 11. The minimum absolute atomic E-state index is 0.0163. The number of amides is 9. The minimum Gasteiger partial charge on any atom is -0.480 e. The maximum atomic E-state index is 13.9. The lowest BCUT2D eigenvalue weighted by Crippen LogP contribution is -2.60. The summed E-state index contributed by atoms with van der Waals surface area (Å²) in [6.45, 7) is 28.1. The zero-order chi connectivity index (χ0) is 55.7. The molecule has 21 nitrogen and oxygen atoms in total. The van der Waals surface area contributed by atoms with Gasteiger partial charge in [0.05, 0.1) is 19.1 Å². The first-order valence-corrected chi connectivity index (χ1v) is 26.0. The van der Waals surface area contributed by atoms with Gasteiger partial charge in [0, 0.05) is 0 Å². The van der Waals surface area contributed by atoms with Gasteiger partial charge >= 0.3 is 5.97 Å². The third-order valence-corrected chi connectivity index (χ3v) is 12.1. The Bertz CT molecular complexity index is 1790. The highest BCUT2D eigenvalue weighted by molar-refractivity contribution is 5.97. The molecule has 0 unspecified atom stereocenters. The van der Waals surface area contributed by atoms with E-state index in [1.54, 1.807) is 34.6 Å². The highest BCUT2D eigenvalue weighted by Gasteiger charge is 2.35. The predicted molar refractivity (Wildman–Crippen MR) is 276 cm³/mol. The van der Waals surface area contributed by atoms with Crippen LogP contribution in [0.4, 0.5) is 0 Å². The van der Waals surface area contributed by atoms with Crippen molar-refractivity contribution in [2.24, 2.45) is 53.1 Å². The lowest BCUT2D eigenvalue weighted by atomic mass is 9.96. The molecule has 0 radical (unpaired) electrons. The zero-order valence-corrected chi connectivity index (χ0v) is 46.2. The molecule has 0 saturated heterocycles. The largest absolute Gasteiger partial charge is 0.480 e. The van der Waals surface area contributed by atoms with Gasteiger partial charge in [-0.25, -0.2) is 4.79 Å². The maximum absolute atomic E-state index is 13.9. The number of carbonyl (C=O) groups is 10. The molecule has 0 aromatic heterocycles. The molecule has 0 saturated carbocycles. The van der Waals surface area contributed by atoms with Gasteiger partial charge < -0.3 is 58.7 Å². The van der Waals surface area contributed by atoms with Crippen molar-refractivity contribution >= 4 is 59.1 Å². The number of carboxylic acid groups (broad SMARTS) is 1. The lowest BCUT2D eigenvalue weighted by molar-refractivity contribution is -0.143. The molecule has 414 valence electrons. The lowest BCUT2D eigenvalue weighted by Gasteiger charge is -2.29. The van der Waals surface area contributed by atoms with Crippen LogP contribution in [0, 0.1) is 47.3 Å². The Morgan fingerprint density at radius 2 is 0.694 bits per heavy atom. The molecule has 0 bridgehead atoms. The van der Waals surface area contributed by atoms with E-state index >= 15 is 0 Å². The van der Waals surface area contributed by atoms with Crippen LogP contribution in [0.5, 0.6) is 0 Å². The van der Waals surface area contributed by atoms with E-state index in [4.69, 9.17) is 5.73 Å². The van der Waals surface area contributed by atoms with Crippen molar-refractivity contribution in [1.82, 2.24) is 47.9 Å². The highest BCUT2D eigenvalue weighted by atomic mass is 16.4. The number of carboxylic acids is 1. The average molecular weight is 1020 g/mol. The smallest absolute Gasteiger partial charge is 0.326 e. The number of aliphatic carboxylic acids is 1. The van der Waals surface area contributed by atoms with E-state index in [2.05, 4.69) is 47.9 Å². The second kappa shape index (κ2) is 33.4. The van der Waals surface area contributed by atoms with Crippen LogP contribution in [0.3, 0.4) is 0 Å². The van der Waals surface area contributed by atoms with Crippen molar-refractivity contribution in [2.45, 2.75) is 204 Å². The second-order valence-electron chi connectivity index (χ2n) is 21.9. The molecule has 10 atom stereocenters. The van der Waals surface area contributed by atoms with Crippen LogP contribution in [0.15, 0.2) is 0 Å². The molecule has 0 heterocycles. The van der Waals surface area contributed by atoms with Crippen LogP contribution in [-0.4, -0.2) is 126 Å². The standard InChI is InChI=1S/C51H94N10O11/c1-17-32(15)42(59-39(62)24-53-45(65)35(20-27(5)6)56-46(66)36(21-28(7)8)55-44(64)34(52)19-26(3)4)48(68)54-25-40(63)60-43(33(16)18-2)50(70)57-37(22-29(9)10)47(67)61-41(31(13)14)49(69)58-38(51(71)72)23-30(11)12/h26-38,41-43H,17-25,52H2,1-16H3,(H,53,65)(H,54,68)(H,55,64)(H,56,66)(H,57,70)(H,58,69)(H,59,62)(H,60,63)(H,61,67)(H,71,72)/t32-,33-,34-,35-,36-,37-,38-,41-,42-,43-/m0/s1. The monoisotopic (exact) mass is 1020 g/mol. The topological polar surface area (TPSA) is 325 Å². The fraction of sp³-hybridized carbons (Fsp3) is 0.804. The molecule has 0 rings (SSSR count). The van der Waals surface area contributed by atoms with E-state index in [0.29, 0.717) is 25.7 Å². The van der Waals surface area contributed by atoms with Crippen LogP contribution < -0.4 is 53.6 Å². The van der Waals surface area contributed by atoms with E-state index in [-0.39, 0.29) is 48.9 Å². The number of nitrogens with two attached hydrogens (primary N) is 1. The average Bonchev–Trinajstić information content (AvgIpc) is 3.27. The van der Waals surface area contributed by atoms with Crippen LogP contribution in [0.1, 0.15) is 156 Å². The number of hydrogen-bond acceptors (Lipinski definition) is 11. The Morgan fingerprint density at radius 3 is 1.08 bits per heavy atom. The van der Waals surface area contributed by atoms with Gasteiger partial charge in [0.2, 0.25) is 53.2 Å². The van der Waals surface area contributed by atoms with Gasteiger partial charge in [-0.3, -0.25) is 43.2 Å². The van der Waals surface area contributed by atoms with Crippen molar-refractivity contribution in [2.75, 3.05) is 13.1 Å². The van der Waals surface area contributed by atoms with Gasteiger partial charge in [-0.05, 0) is 79.4 Å². The third kappa shape index (κ3) is 25.9. The van der Waals surface area contributed by atoms with Gasteiger partial charge in [0.1, 0.15) is 42.3 Å². The van der Waals surface area contributed by atoms with E-state index in [1.165, 1.54) is 0 Å². The Balaban J connectivity index is 5.98. The molecule has 12 N–H and O–H groups in total. The minimum atomic E-state index is -1.20. The normalized spacial score (nSPS) is 15.8. The zero-order valence-electron chi connectivity index (χ0n) is 46.2. The van der Waals surface area contributed by atoms with Crippen LogP contribution in [0.25, 0.3) is 0 Å². The van der Waals surface area contributed by atoms with Crippen molar-refractivity contribution in [3.8, 4) is 0 Å². The Morgan fingerprint density at radius 1 is 0.375 bits per heavy atom. The number of carbonyl (C=O) groups excluding carboxylic acids is 9. The molecule has 0 spiro atoms. The van der Waals surface area contributed by atoms with Crippen molar-refractivity contribution in [3.63, 3.8) is 0 Å². The summed E-state index contributed by atoms with van der Waals surface area (Å²) >= 11 is 0. The van der Waals surface area contributed by atoms with Gasteiger partial charge in [-0.1, -0.05) is 124 Å². The van der Waals surface area contributed by atoms with Gasteiger partial charge in [0.15, 0.2) is 0 Å². The molecule has 0 aliphatic heterocycles. The molecule has 0 aromatic rings. The van der Waals surface area contributed by atoms with Crippen LogP contribution in [0.2, 0.25) is 0 Å². The SMILES string of the molecule is CC[C@H](C)[C@H](NC(=O)CNC(=O)[C@H](CC(C)C)NC(=O)[C@H](CC(C)C)NC(=O)[C@@H](N)CC(C)C)C(=O)NCC(=O)N[C@H](C(=O)N[C@@H](CC(C)C)C(=O)N[C@H](C(=O)N[C@@H](CC(C)C)C(=O)O)C(C)C)[C@@H](C)CC. The third-order valence-electron chi connectivity index (χ3n) is 12.1. The van der Waals surface area contributed by atoms with Gasteiger partial charge in [-0.15, -0.1) is 0 Å². The Hall–Kier alpha value is -5.34. The predicted octanol–water partition coefficient (Wildman–Crippen LogP) is 2.00. The first kappa shape index (κ1) is 66.7. The first-order valence-electron chi connectivity index (χ1n) is 26.0. The van der Waals surface area contributed by atoms with Crippen LogP contribution in [-0.2, 0) is 47.9 Å². The molecule has 72 heavy (non-hydrogen) atoms. The molecule has 0 aliphatic rings. The Labute approximate surface area is 429 Å². The summed E-state index contributed by atoms with van der Waals surface area (Å²) in [6.07, 6.45) is 2.17. The summed E-state index contributed by atoms with van der Waals surface area (Å²) in [5.74, 6) is -8.37. The first-order chi connectivity index (χ1) is 33.3. The van der Waals surface area contributed by atoms with Gasteiger partial charge in [0.25, 0.3) is 0 Å². The maximum Gasteiger partial charge on any atom is 0.326 e. The fourth-order valence-electron chi connectivity index (χ4n) is 7.70. The molecule has 0 fully saturated rings. The highest BCUT2D eigenvalue weighted by Crippen LogP contribution is 2.15.